The van der Waals surface area contributed by atoms with E-state index >= 15 is 0 Å². The quantitative estimate of drug-likeness (QED) is 0.450. The van der Waals surface area contributed by atoms with Gasteiger partial charge in [0.1, 0.15) is 5.75 Å². The molecule has 0 aliphatic carbocycles. The van der Waals surface area contributed by atoms with Crippen LogP contribution in [0.15, 0.2) is 18.2 Å². The van der Waals surface area contributed by atoms with E-state index < -0.39 is 4.92 Å². The van der Waals surface area contributed by atoms with Crippen molar-refractivity contribution in [1.29, 1.82) is 0 Å². The largest absolute Gasteiger partial charge is 0.493 e. The first-order chi connectivity index (χ1) is 8.16. The molecule has 1 aromatic rings. The number of benzene rings is 1. The highest BCUT2D eigenvalue weighted by Crippen LogP contribution is 2.27. The van der Waals surface area contributed by atoms with E-state index in [9.17, 15) is 10.1 Å². The zero-order chi connectivity index (χ0) is 12.7. The molecule has 0 amide bonds. The van der Waals surface area contributed by atoms with E-state index in [1.165, 1.54) is 6.07 Å². The number of aliphatic hydroxyl groups excluding tert-OH is 1. The van der Waals surface area contributed by atoms with Crippen LogP contribution in [0.2, 0.25) is 0 Å². The summed E-state index contributed by atoms with van der Waals surface area (Å²) in [6.45, 7) is 2.39. The van der Waals surface area contributed by atoms with Crippen molar-refractivity contribution in [3.8, 4) is 5.75 Å². The molecular formula is C12H17NO4. The lowest BCUT2D eigenvalue weighted by molar-refractivity contribution is -0.385. The van der Waals surface area contributed by atoms with Crippen molar-refractivity contribution in [2.75, 3.05) is 13.2 Å². The molecule has 1 N–H and O–H groups in total. The van der Waals surface area contributed by atoms with Gasteiger partial charge in [-0.05, 0) is 32.3 Å². The topological polar surface area (TPSA) is 72.6 Å². The minimum absolute atomic E-state index is 0.0814. The van der Waals surface area contributed by atoms with Crippen molar-refractivity contribution in [2.24, 2.45) is 0 Å². The first-order valence-corrected chi connectivity index (χ1v) is 5.64. The fraction of sp³-hybridized carbons (Fsp3) is 0.500. The lowest BCUT2D eigenvalue weighted by Crippen LogP contribution is -2.01. The zero-order valence-corrected chi connectivity index (χ0v) is 9.89. The molecule has 0 aliphatic rings. The highest BCUT2D eigenvalue weighted by Gasteiger charge is 2.13. The smallest absolute Gasteiger partial charge is 0.276 e. The van der Waals surface area contributed by atoms with Crippen LogP contribution in [0, 0.1) is 17.0 Å². The number of nitrogens with zero attached hydrogens (tertiary/aromatic N) is 1. The molecular weight excluding hydrogens is 222 g/mol. The van der Waals surface area contributed by atoms with E-state index in [4.69, 9.17) is 9.84 Å². The summed E-state index contributed by atoms with van der Waals surface area (Å²) in [6.07, 6.45) is 2.49. The highest BCUT2D eigenvalue weighted by molar-refractivity contribution is 5.48. The molecule has 0 spiro atoms. The van der Waals surface area contributed by atoms with Gasteiger partial charge in [0.25, 0.3) is 5.69 Å². The molecule has 0 aliphatic heterocycles. The van der Waals surface area contributed by atoms with Crippen molar-refractivity contribution in [1.82, 2.24) is 0 Å². The van der Waals surface area contributed by atoms with Gasteiger partial charge in [0.05, 0.1) is 17.1 Å². The van der Waals surface area contributed by atoms with E-state index in [2.05, 4.69) is 0 Å². The van der Waals surface area contributed by atoms with Gasteiger partial charge in [0.15, 0.2) is 0 Å². The van der Waals surface area contributed by atoms with E-state index in [1.807, 2.05) is 0 Å². The van der Waals surface area contributed by atoms with Crippen LogP contribution in [0.3, 0.4) is 0 Å². The number of ether oxygens (including phenoxy) is 1. The Labute approximate surface area is 100 Å². The summed E-state index contributed by atoms with van der Waals surface area (Å²) < 4.78 is 5.49. The maximum atomic E-state index is 10.7. The van der Waals surface area contributed by atoms with Gasteiger partial charge in [-0.1, -0.05) is 6.07 Å². The molecule has 0 saturated carbocycles. The van der Waals surface area contributed by atoms with Crippen LogP contribution in [0.4, 0.5) is 5.69 Å². The molecule has 17 heavy (non-hydrogen) atoms. The van der Waals surface area contributed by atoms with Crippen LogP contribution in [0.1, 0.15) is 24.8 Å². The SMILES string of the molecule is Cc1c(OCCCCCO)cccc1[N+](=O)[O-]. The van der Waals surface area contributed by atoms with Gasteiger partial charge in [-0.2, -0.15) is 0 Å². The normalized spacial score (nSPS) is 10.2. The summed E-state index contributed by atoms with van der Waals surface area (Å²) in [6, 6.07) is 4.82. The Morgan fingerprint density at radius 1 is 1.35 bits per heavy atom. The predicted molar refractivity (Wildman–Crippen MR) is 64.3 cm³/mol. The molecule has 94 valence electrons. The lowest BCUT2D eigenvalue weighted by Gasteiger charge is -2.08. The fourth-order valence-electron chi connectivity index (χ4n) is 1.53. The van der Waals surface area contributed by atoms with Crippen LogP contribution in [0.5, 0.6) is 5.75 Å². The van der Waals surface area contributed by atoms with Crippen molar-refractivity contribution in [3.05, 3.63) is 33.9 Å². The first-order valence-electron chi connectivity index (χ1n) is 5.64. The lowest BCUT2D eigenvalue weighted by atomic mass is 10.2. The molecule has 5 nitrogen and oxygen atoms in total. The molecule has 0 atom stereocenters. The summed E-state index contributed by atoms with van der Waals surface area (Å²) in [4.78, 5) is 10.3. The second-order valence-electron chi connectivity index (χ2n) is 3.79. The summed E-state index contributed by atoms with van der Waals surface area (Å²) in [7, 11) is 0. The van der Waals surface area contributed by atoms with Gasteiger partial charge in [-0.25, -0.2) is 0 Å². The number of rotatable bonds is 7. The van der Waals surface area contributed by atoms with Crippen molar-refractivity contribution in [3.63, 3.8) is 0 Å². The van der Waals surface area contributed by atoms with Crippen LogP contribution in [-0.2, 0) is 0 Å². The maximum absolute atomic E-state index is 10.7. The second kappa shape index (κ2) is 6.85. The monoisotopic (exact) mass is 239 g/mol. The average Bonchev–Trinajstić information content (AvgIpc) is 2.30. The van der Waals surface area contributed by atoms with Gasteiger partial charge in [0, 0.05) is 12.7 Å². The maximum Gasteiger partial charge on any atom is 0.276 e. The van der Waals surface area contributed by atoms with E-state index in [1.54, 1.807) is 19.1 Å². The van der Waals surface area contributed by atoms with Gasteiger partial charge < -0.3 is 9.84 Å². The molecule has 0 fully saturated rings. The standard InChI is InChI=1S/C12H17NO4/c1-10-11(13(15)16)6-5-7-12(10)17-9-4-2-3-8-14/h5-7,14H,2-4,8-9H2,1H3. The van der Waals surface area contributed by atoms with Crippen LogP contribution in [0.25, 0.3) is 0 Å². The number of unbranched alkanes of at least 4 members (excludes halogenated alkanes) is 2. The molecule has 0 saturated heterocycles. The highest BCUT2D eigenvalue weighted by atomic mass is 16.6. The Kier molecular flexibility index (Phi) is 5.42. The minimum atomic E-state index is -0.409. The van der Waals surface area contributed by atoms with Crippen LogP contribution < -0.4 is 4.74 Å². The summed E-state index contributed by atoms with van der Waals surface area (Å²) >= 11 is 0. The predicted octanol–water partition coefficient (Wildman–Crippen LogP) is 2.44. The molecule has 0 radical (unpaired) electrons. The van der Waals surface area contributed by atoms with Gasteiger partial charge in [-0.3, -0.25) is 10.1 Å². The van der Waals surface area contributed by atoms with Gasteiger partial charge >= 0.3 is 0 Å². The Bertz CT molecular complexity index is 379. The van der Waals surface area contributed by atoms with Gasteiger partial charge in [0.2, 0.25) is 0 Å². The van der Waals surface area contributed by atoms with Crippen molar-refractivity contribution in [2.45, 2.75) is 26.2 Å². The van der Waals surface area contributed by atoms with E-state index in [0.29, 0.717) is 17.9 Å². The number of hydrogen-bond donors (Lipinski definition) is 1. The Hall–Kier alpha value is -1.62. The van der Waals surface area contributed by atoms with Crippen LogP contribution in [-0.4, -0.2) is 23.2 Å². The number of aliphatic hydroxyl groups is 1. The number of nitro benzene ring substituents is 1. The summed E-state index contributed by atoms with van der Waals surface area (Å²) in [5, 5.41) is 19.3. The second-order valence-corrected chi connectivity index (χ2v) is 3.79. The summed E-state index contributed by atoms with van der Waals surface area (Å²) in [5.74, 6) is 0.559. The Morgan fingerprint density at radius 3 is 2.76 bits per heavy atom. The third kappa shape index (κ3) is 4.03. The zero-order valence-electron chi connectivity index (χ0n) is 9.89. The van der Waals surface area contributed by atoms with E-state index in [-0.39, 0.29) is 12.3 Å². The van der Waals surface area contributed by atoms with Crippen LogP contribution >= 0.6 is 0 Å². The molecule has 1 aromatic carbocycles. The van der Waals surface area contributed by atoms with Gasteiger partial charge in [-0.15, -0.1) is 0 Å². The molecule has 5 heteroatoms. The third-order valence-electron chi connectivity index (χ3n) is 2.51. The molecule has 0 heterocycles. The Morgan fingerprint density at radius 2 is 2.12 bits per heavy atom. The third-order valence-corrected chi connectivity index (χ3v) is 2.51. The number of nitro groups is 1. The number of hydrogen-bond acceptors (Lipinski definition) is 4. The van der Waals surface area contributed by atoms with Crippen molar-refractivity contribution >= 4 is 5.69 Å². The van der Waals surface area contributed by atoms with Crippen molar-refractivity contribution < 1.29 is 14.8 Å². The minimum Gasteiger partial charge on any atom is -0.493 e. The molecule has 0 aromatic heterocycles. The first kappa shape index (κ1) is 13.4. The molecule has 0 unspecified atom stereocenters. The molecule has 0 bridgehead atoms. The molecule has 1 rings (SSSR count). The van der Waals surface area contributed by atoms with E-state index in [0.717, 1.165) is 19.3 Å². The summed E-state index contributed by atoms with van der Waals surface area (Å²) in [5.41, 5.74) is 0.637. The average molecular weight is 239 g/mol. The Balaban J connectivity index is 2.54. The fourth-order valence-corrected chi connectivity index (χ4v) is 1.53.